The molecule has 2 aromatic heterocycles. The number of carbonyl (C=O) groups is 1. The molecule has 22 heavy (non-hydrogen) atoms. The van der Waals surface area contributed by atoms with Gasteiger partial charge in [0, 0.05) is 11.1 Å². The third kappa shape index (κ3) is 2.79. The van der Waals surface area contributed by atoms with Gasteiger partial charge in [-0.2, -0.15) is 0 Å². The fourth-order valence-corrected chi connectivity index (χ4v) is 3.42. The number of nitrogens with zero attached hydrogens (tertiary/aromatic N) is 2. The third-order valence-electron chi connectivity index (χ3n) is 3.67. The van der Waals surface area contributed by atoms with Crippen LogP contribution in [0.25, 0.3) is 5.65 Å². The van der Waals surface area contributed by atoms with Gasteiger partial charge in [-0.3, -0.25) is 9.20 Å². The number of rotatable bonds is 4. The smallest absolute Gasteiger partial charge is 0.191 e. The third-order valence-corrected chi connectivity index (χ3v) is 4.85. The summed E-state index contributed by atoms with van der Waals surface area (Å²) >= 11 is 1.58. The Balaban J connectivity index is 1.86. The summed E-state index contributed by atoms with van der Waals surface area (Å²) in [5.41, 5.74) is 4.66. The van der Waals surface area contributed by atoms with Crippen LogP contribution in [0.4, 0.5) is 0 Å². The molecule has 0 saturated heterocycles. The summed E-state index contributed by atoms with van der Waals surface area (Å²) in [5.74, 6) is 0.537. The number of carbonyl (C=O) groups excluding carboxylic acids is 1. The zero-order chi connectivity index (χ0) is 15.7. The van der Waals surface area contributed by atoms with Crippen molar-refractivity contribution in [3.05, 3.63) is 65.1 Å². The normalized spacial score (nSPS) is 11.0. The van der Waals surface area contributed by atoms with E-state index in [4.69, 9.17) is 0 Å². The highest BCUT2D eigenvalue weighted by Gasteiger charge is 2.17. The molecule has 0 N–H and O–H groups in total. The molecular weight excluding hydrogens is 292 g/mol. The van der Waals surface area contributed by atoms with Crippen molar-refractivity contribution < 1.29 is 4.79 Å². The molecule has 0 unspecified atom stereocenters. The van der Waals surface area contributed by atoms with Crippen LogP contribution < -0.4 is 0 Å². The molecule has 0 spiro atoms. The number of aryl methyl sites for hydroxylation is 3. The van der Waals surface area contributed by atoms with Gasteiger partial charge >= 0.3 is 0 Å². The lowest BCUT2D eigenvalue weighted by Gasteiger charge is -2.05. The maximum atomic E-state index is 12.6. The summed E-state index contributed by atoms with van der Waals surface area (Å²) in [6.07, 6.45) is 1.93. The summed E-state index contributed by atoms with van der Waals surface area (Å²) in [6, 6.07) is 12.1. The van der Waals surface area contributed by atoms with Gasteiger partial charge in [-0.05, 0) is 50.1 Å². The van der Waals surface area contributed by atoms with E-state index in [1.807, 2.05) is 48.7 Å². The van der Waals surface area contributed by atoms with E-state index >= 15 is 0 Å². The van der Waals surface area contributed by atoms with Gasteiger partial charge in [-0.25, -0.2) is 4.98 Å². The molecule has 0 aliphatic carbocycles. The number of benzene rings is 1. The van der Waals surface area contributed by atoms with E-state index in [2.05, 4.69) is 24.0 Å². The minimum atomic E-state index is 0.113. The van der Waals surface area contributed by atoms with Gasteiger partial charge in [0.2, 0.25) is 0 Å². The molecule has 0 atom stereocenters. The van der Waals surface area contributed by atoms with Crippen molar-refractivity contribution in [1.29, 1.82) is 0 Å². The highest BCUT2D eigenvalue weighted by Crippen LogP contribution is 2.24. The Labute approximate surface area is 134 Å². The first-order valence-electron chi connectivity index (χ1n) is 7.23. The maximum Gasteiger partial charge on any atom is 0.191 e. The fourth-order valence-electron chi connectivity index (χ4n) is 2.53. The molecular formula is C18H18N2OS. The number of imidazole rings is 1. The molecule has 4 heteroatoms. The van der Waals surface area contributed by atoms with Crippen molar-refractivity contribution in [3.63, 3.8) is 0 Å². The monoisotopic (exact) mass is 310 g/mol. The second kappa shape index (κ2) is 5.97. The highest BCUT2D eigenvalue weighted by atomic mass is 32.2. The van der Waals surface area contributed by atoms with Crippen LogP contribution in [0.3, 0.4) is 0 Å². The van der Waals surface area contributed by atoms with E-state index in [1.54, 1.807) is 11.8 Å². The van der Waals surface area contributed by atoms with Crippen LogP contribution in [0.2, 0.25) is 0 Å². The topological polar surface area (TPSA) is 34.4 Å². The summed E-state index contributed by atoms with van der Waals surface area (Å²) in [4.78, 5) is 18.3. The summed E-state index contributed by atoms with van der Waals surface area (Å²) < 4.78 is 1.89. The number of aromatic nitrogens is 2. The molecule has 0 fully saturated rings. The molecule has 3 nitrogen and oxygen atoms in total. The van der Waals surface area contributed by atoms with Gasteiger partial charge in [-0.1, -0.05) is 18.2 Å². The molecule has 112 valence electrons. The Morgan fingerprint density at radius 1 is 1.18 bits per heavy atom. The van der Waals surface area contributed by atoms with Gasteiger partial charge < -0.3 is 0 Å². The largest absolute Gasteiger partial charge is 0.297 e. The van der Waals surface area contributed by atoms with E-state index in [9.17, 15) is 4.79 Å². The lowest BCUT2D eigenvalue weighted by molar-refractivity contribution is 0.101. The second-order valence-corrected chi connectivity index (χ2v) is 6.47. The first kappa shape index (κ1) is 14.9. The van der Waals surface area contributed by atoms with Crippen LogP contribution in [0.5, 0.6) is 0 Å². The van der Waals surface area contributed by atoms with E-state index in [1.165, 1.54) is 5.56 Å². The standard InChI is InChI=1S/C18H18N2OS/c1-12-8-9-20-17(10-12)19-14(3)18(20)15(21)11-22-16-7-5-4-6-13(16)2/h4-10H,11H2,1-3H3. The van der Waals surface area contributed by atoms with Crippen LogP contribution in [0.1, 0.15) is 27.3 Å². The highest BCUT2D eigenvalue weighted by molar-refractivity contribution is 8.00. The van der Waals surface area contributed by atoms with Gasteiger partial charge in [0.25, 0.3) is 0 Å². The number of thioether (sulfide) groups is 1. The summed E-state index contributed by atoms with van der Waals surface area (Å²) in [6.45, 7) is 5.99. The molecule has 0 saturated carbocycles. The first-order valence-corrected chi connectivity index (χ1v) is 8.22. The lowest BCUT2D eigenvalue weighted by atomic mass is 10.2. The van der Waals surface area contributed by atoms with Crippen LogP contribution >= 0.6 is 11.8 Å². The van der Waals surface area contributed by atoms with Crippen LogP contribution in [0, 0.1) is 20.8 Å². The van der Waals surface area contributed by atoms with Crippen molar-refractivity contribution in [2.24, 2.45) is 0 Å². The average Bonchev–Trinajstić information content (AvgIpc) is 2.81. The minimum absolute atomic E-state index is 0.113. The number of pyridine rings is 1. The Kier molecular flexibility index (Phi) is 4.03. The molecule has 2 heterocycles. The molecule has 3 rings (SSSR count). The number of hydrogen-bond donors (Lipinski definition) is 0. The molecule has 0 aliphatic rings. The Morgan fingerprint density at radius 2 is 1.95 bits per heavy atom. The number of ketones is 1. The predicted molar refractivity (Wildman–Crippen MR) is 90.9 cm³/mol. The first-order chi connectivity index (χ1) is 10.6. The van der Waals surface area contributed by atoms with Crippen molar-refractivity contribution in [2.45, 2.75) is 25.7 Å². The summed E-state index contributed by atoms with van der Waals surface area (Å²) in [5, 5.41) is 0. The Hall–Kier alpha value is -2.07. The van der Waals surface area contributed by atoms with Crippen LogP contribution in [-0.4, -0.2) is 20.9 Å². The molecule has 3 aromatic rings. The van der Waals surface area contributed by atoms with Crippen molar-refractivity contribution in [1.82, 2.24) is 9.38 Å². The average molecular weight is 310 g/mol. The van der Waals surface area contributed by atoms with Crippen molar-refractivity contribution in [2.75, 3.05) is 5.75 Å². The SMILES string of the molecule is Cc1ccn2c(C(=O)CSc3ccccc3C)c(C)nc2c1. The van der Waals surface area contributed by atoms with E-state index in [0.717, 1.165) is 21.8 Å². The van der Waals surface area contributed by atoms with Gasteiger partial charge in [0.15, 0.2) is 5.78 Å². The molecule has 0 aliphatic heterocycles. The van der Waals surface area contributed by atoms with E-state index in [0.29, 0.717) is 11.4 Å². The van der Waals surface area contributed by atoms with E-state index in [-0.39, 0.29) is 5.78 Å². The van der Waals surface area contributed by atoms with Crippen molar-refractivity contribution >= 4 is 23.2 Å². The van der Waals surface area contributed by atoms with Crippen LogP contribution in [0.15, 0.2) is 47.5 Å². The fraction of sp³-hybridized carbons (Fsp3) is 0.222. The van der Waals surface area contributed by atoms with E-state index < -0.39 is 0 Å². The molecule has 0 amide bonds. The number of hydrogen-bond acceptors (Lipinski definition) is 3. The minimum Gasteiger partial charge on any atom is -0.297 e. The lowest BCUT2D eigenvalue weighted by Crippen LogP contribution is -2.08. The molecule has 0 radical (unpaired) electrons. The van der Waals surface area contributed by atoms with Gasteiger partial charge in [0.1, 0.15) is 11.3 Å². The van der Waals surface area contributed by atoms with Gasteiger partial charge in [-0.15, -0.1) is 11.8 Å². The summed E-state index contributed by atoms with van der Waals surface area (Å²) in [7, 11) is 0. The second-order valence-electron chi connectivity index (χ2n) is 5.46. The predicted octanol–water partition coefficient (Wildman–Crippen LogP) is 4.23. The van der Waals surface area contributed by atoms with Gasteiger partial charge in [0.05, 0.1) is 11.4 Å². The Morgan fingerprint density at radius 3 is 2.73 bits per heavy atom. The quantitative estimate of drug-likeness (QED) is 0.534. The number of Topliss-reactive ketones (excluding diaryl/α,β-unsaturated/α-hetero) is 1. The maximum absolute atomic E-state index is 12.6. The number of fused-ring (bicyclic) bond motifs is 1. The molecule has 0 bridgehead atoms. The van der Waals surface area contributed by atoms with Crippen LogP contribution in [-0.2, 0) is 0 Å². The zero-order valence-electron chi connectivity index (χ0n) is 13.0. The molecule has 1 aromatic carbocycles. The van der Waals surface area contributed by atoms with Crippen molar-refractivity contribution in [3.8, 4) is 0 Å². The Bertz CT molecular complexity index is 851. The zero-order valence-corrected chi connectivity index (χ0v) is 13.8.